The van der Waals surface area contributed by atoms with Crippen LogP contribution in [0.25, 0.3) is 10.9 Å². The number of aromatic nitrogens is 2. The number of para-hydroxylation sites is 1. The molecule has 1 fully saturated rings. The van der Waals surface area contributed by atoms with E-state index in [9.17, 15) is 19.5 Å². The van der Waals surface area contributed by atoms with Crippen molar-refractivity contribution in [2.75, 3.05) is 19.6 Å². The lowest BCUT2D eigenvalue weighted by atomic mass is 9.80. The molecule has 1 saturated heterocycles. The van der Waals surface area contributed by atoms with Crippen LogP contribution in [0.2, 0.25) is 0 Å². The van der Waals surface area contributed by atoms with Crippen molar-refractivity contribution in [3.8, 4) is 0 Å². The molecule has 0 amide bonds. The minimum Gasteiger partial charge on any atom is -0.481 e. The maximum atomic E-state index is 12.7. The molecule has 7 heteroatoms. The lowest BCUT2D eigenvalue weighted by Gasteiger charge is -2.36. The number of carboxylic acids is 1. The normalized spacial score (nSPS) is 19.8. The lowest BCUT2D eigenvalue weighted by molar-refractivity contribution is -0.144. The van der Waals surface area contributed by atoms with E-state index in [4.69, 9.17) is 0 Å². The zero-order valence-corrected chi connectivity index (χ0v) is 16.9. The Morgan fingerprint density at radius 3 is 2.57 bits per heavy atom. The molecule has 1 aromatic heterocycles. The molecule has 0 bridgehead atoms. The molecule has 1 aliphatic heterocycles. The summed E-state index contributed by atoms with van der Waals surface area (Å²) in [6.07, 6.45) is 0.725. The van der Waals surface area contributed by atoms with E-state index >= 15 is 0 Å². The highest BCUT2D eigenvalue weighted by atomic mass is 16.4. The highest BCUT2D eigenvalue weighted by molar-refractivity contribution is 5.76. The zero-order valence-electron chi connectivity index (χ0n) is 16.9. The first-order valence-corrected chi connectivity index (χ1v) is 10.2. The molecule has 2 atom stereocenters. The predicted octanol–water partition coefficient (Wildman–Crippen LogP) is 2.19. The lowest BCUT2D eigenvalue weighted by Crippen LogP contribution is -2.46. The number of piperidine rings is 1. The summed E-state index contributed by atoms with van der Waals surface area (Å²) in [4.78, 5) is 41.8. The van der Waals surface area contributed by atoms with E-state index in [0.29, 0.717) is 24.0 Å². The SMILES string of the molecule is Cc1ccc(C2CCN(CCn3c(=O)[nH]c4ccccc4c3=O)CC2C(=O)O)cc1. The van der Waals surface area contributed by atoms with E-state index in [2.05, 4.69) is 4.98 Å². The second-order valence-corrected chi connectivity index (χ2v) is 7.98. The Bertz CT molecular complexity index is 1180. The van der Waals surface area contributed by atoms with Gasteiger partial charge in [-0.1, -0.05) is 42.0 Å². The van der Waals surface area contributed by atoms with Crippen molar-refractivity contribution in [2.24, 2.45) is 5.92 Å². The molecular weight excluding hydrogens is 382 g/mol. The van der Waals surface area contributed by atoms with Gasteiger partial charge in [-0.2, -0.15) is 0 Å². The first kappa shape index (κ1) is 20.1. The van der Waals surface area contributed by atoms with Crippen molar-refractivity contribution in [3.63, 3.8) is 0 Å². The van der Waals surface area contributed by atoms with E-state index in [1.807, 2.05) is 36.1 Å². The van der Waals surface area contributed by atoms with Crippen LogP contribution in [0.15, 0.2) is 58.1 Å². The number of hydrogen-bond acceptors (Lipinski definition) is 4. The highest BCUT2D eigenvalue weighted by Gasteiger charge is 2.35. The summed E-state index contributed by atoms with van der Waals surface area (Å²) in [6, 6.07) is 15.0. The second-order valence-electron chi connectivity index (χ2n) is 7.98. The van der Waals surface area contributed by atoms with Crippen LogP contribution >= 0.6 is 0 Å². The molecule has 2 N–H and O–H groups in total. The average molecular weight is 407 g/mol. The van der Waals surface area contributed by atoms with Crippen molar-refractivity contribution in [3.05, 3.63) is 80.5 Å². The van der Waals surface area contributed by atoms with E-state index < -0.39 is 17.6 Å². The van der Waals surface area contributed by atoms with Crippen molar-refractivity contribution >= 4 is 16.9 Å². The first-order chi connectivity index (χ1) is 14.4. The standard InChI is InChI=1S/C23H25N3O4/c1-15-6-8-16(9-7-15)17-10-11-25(14-19(17)22(28)29)12-13-26-21(27)18-4-2-3-5-20(18)24-23(26)30/h2-9,17,19H,10-14H2,1H3,(H,24,30)(H,28,29). The molecule has 30 heavy (non-hydrogen) atoms. The summed E-state index contributed by atoms with van der Waals surface area (Å²) >= 11 is 0. The topological polar surface area (TPSA) is 95.4 Å². The number of carbonyl (C=O) groups is 1. The molecule has 7 nitrogen and oxygen atoms in total. The Kier molecular flexibility index (Phi) is 5.55. The number of hydrogen-bond donors (Lipinski definition) is 2. The van der Waals surface area contributed by atoms with Crippen LogP contribution < -0.4 is 11.2 Å². The van der Waals surface area contributed by atoms with Gasteiger partial charge in [0.2, 0.25) is 0 Å². The quantitative estimate of drug-likeness (QED) is 0.676. The van der Waals surface area contributed by atoms with Gasteiger partial charge in [0.25, 0.3) is 5.56 Å². The molecular formula is C23H25N3O4. The van der Waals surface area contributed by atoms with Crippen molar-refractivity contribution in [1.29, 1.82) is 0 Å². The van der Waals surface area contributed by atoms with E-state index in [-0.39, 0.29) is 18.0 Å². The van der Waals surface area contributed by atoms with Gasteiger partial charge in [-0.25, -0.2) is 4.79 Å². The summed E-state index contributed by atoms with van der Waals surface area (Å²) in [7, 11) is 0. The summed E-state index contributed by atoms with van der Waals surface area (Å²) in [6.45, 7) is 3.81. The van der Waals surface area contributed by atoms with Gasteiger partial charge in [0, 0.05) is 19.6 Å². The Morgan fingerprint density at radius 2 is 1.83 bits per heavy atom. The van der Waals surface area contributed by atoms with Gasteiger partial charge in [0.05, 0.1) is 16.8 Å². The number of rotatable bonds is 5. The number of benzene rings is 2. The van der Waals surface area contributed by atoms with Gasteiger partial charge in [-0.05, 0) is 43.5 Å². The van der Waals surface area contributed by atoms with E-state index in [0.717, 1.165) is 24.1 Å². The molecule has 2 aromatic carbocycles. The van der Waals surface area contributed by atoms with Gasteiger partial charge in [-0.15, -0.1) is 0 Å². The summed E-state index contributed by atoms with van der Waals surface area (Å²) in [5.74, 6) is -1.37. The first-order valence-electron chi connectivity index (χ1n) is 10.2. The Labute approximate surface area is 173 Å². The zero-order chi connectivity index (χ0) is 21.3. The summed E-state index contributed by atoms with van der Waals surface area (Å²) in [5, 5.41) is 10.3. The van der Waals surface area contributed by atoms with Crippen molar-refractivity contribution in [1.82, 2.24) is 14.5 Å². The van der Waals surface area contributed by atoms with Crippen LogP contribution in [0.4, 0.5) is 0 Å². The third-order valence-electron chi connectivity index (χ3n) is 6.05. The third-order valence-corrected chi connectivity index (χ3v) is 6.05. The fraction of sp³-hybridized carbons (Fsp3) is 0.348. The molecule has 156 valence electrons. The van der Waals surface area contributed by atoms with Crippen LogP contribution in [0.3, 0.4) is 0 Å². The Hall–Kier alpha value is -3.19. The number of carboxylic acid groups (broad SMARTS) is 1. The fourth-order valence-electron chi connectivity index (χ4n) is 4.33. The maximum Gasteiger partial charge on any atom is 0.328 e. The Morgan fingerprint density at radius 1 is 1.10 bits per heavy atom. The molecule has 2 heterocycles. The smallest absolute Gasteiger partial charge is 0.328 e. The van der Waals surface area contributed by atoms with Gasteiger partial charge < -0.3 is 15.0 Å². The number of nitrogens with one attached hydrogen (secondary N) is 1. The molecule has 0 spiro atoms. The third kappa shape index (κ3) is 3.93. The minimum absolute atomic E-state index is 0.0360. The van der Waals surface area contributed by atoms with Crippen molar-refractivity contribution in [2.45, 2.75) is 25.8 Å². The monoisotopic (exact) mass is 407 g/mol. The van der Waals surface area contributed by atoms with Crippen LogP contribution in [0, 0.1) is 12.8 Å². The summed E-state index contributed by atoms with van der Waals surface area (Å²) in [5.41, 5.74) is 1.96. The maximum absolute atomic E-state index is 12.7. The Balaban J connectivity index is 1.50. The van der Waals surface area contributed by atoms with Crippen LogP contribution in [0.5, 0.6) is 0 Å². The number of aryl methyl sites for hydroxylation is 1. The summed E-state index contributed by atoms with van der Waals surface area (Å²) < 4.78 is 1.20. The molecule has 0 aliphatic carbocycles. The fourth-order valence-corrected chi connectivity index (χ4v) is 4.33. The van der Waals surface area contributed by atoms with Crippen molar-refractivity contribution < 1.29 is 9.90 Å². The van der Waals surface area contributed by atoms with Crippen LogP contribution in [-0.2, 0) is 11.3 Å². The molecule has 2 unspecified atom stereocenters. The molecule has 3 aromatic rings. The van der Waals surface area contributed by atoms with Gasteiger partial charge in [-0.3, -0.25) is 14.2 Å². The second kappa shape index (κ2) is 8.28. The predicted molar refractivity (Wildman–Crippen MR) is 115 cm³/mol. The van der Waals surface area contributed by atoms with Gasteiger partial charge >= 0.3 is 11.7 Å². The van der Waals surface area contributed by atoms with E-state index in [1.165, 1.54) is 4.57 Å². The highest BCUT2D eigenvalue weighted by Crippen LogP contribution is 2.33. The molecule has 4 rings (SSSR count). The number of H-pyrrole nitrogens is 1. The van der Waals surface area contributed by atoms with Gasteiger partial charge in [0.1, 0.15) is 0 Å². The molecule has 0 saturated carbocycles. The largest absolute Gasteiger partial charge is 0.481 e. The van der Waals surface area contributed by atoms with Gasteiger partial charge in [0.15, 0.2) is 0 Å². The number of aliphatic carboxylic acids is 1. The number of nitrogens with zero attached hydrogens (tertiary/aromatic N) is 2. The van der Waals surface area contributed by atoms with Crippen LogP contribution in [0.1, 0.15) is 23.5 Å². The minimum atomic E-state index is -0.814. The van der Waals surface area contributed by atoms with Crippen LogP contribution in [-0.4, -0.2) is 45.2 Å². The van der Waals surface area contributed by atoms with E-state index in [1.54, 1.807) is 24.3 Å². The molecule has 0 radical (unpaired) electrons. The number of aromatic amines is 1. The average Bonchev–Trinajstić information content (AvgIpc) is 2.74. The number of fused-ring (bicyclic) bond motifs is 1. The number of likely N-dealkylation sites (tertiary alicyclic amines) is 1. The molecule has 1 aliphatic rings.